The summed E-state index contributed by atoms with van der Waals surface area (Å²) in [6.45, 7) is -0.484. The molecule has 3 rings (SSSR count). The van der Waals surface area contributed by atoms with Crippen LogP contribution in [0, 0.1) is 0 Å². The minimum Gasteiger partial charge on any atom is -0.387 e. The van der Waals surface area contributed by atoms with Crippen molar-refractivity contribution in [3.05, 3.63) is 35.3 Å². The smallest absolute Gasteiger partial charge is 0.387 e. The highest BCUT2D eigenvalue weighted by Crippen LogP contribution is 2.34. The van der Waals surface area contributed by atoms with Crippen LogP contribution in [-0.2, 0) is 33.7 Å². The number of hydrogen-bond acceptors (Lipinski definition) is 7. The molecule has 0 fully saturated rings. The molecule has 2 N–H and O–H groups in total. The van der Waals surface area contributed by atoms with Crippen molar-refractivity contribution < 1.29 is 37.4 Å². The molecule has 2 aromatic heterocycles. The third-order valence-corrected chi connectivity index (χ3v) is 4.48. The Bertz CT molecular complexity index is 987. The van der Waals surface area contributed by atoms with Gasteiger partial charge >= 0.3 is 18.1 Å². The van der Waals surface area contributed by atoms with E-state index in [1.54, 1.807) is 12.3 Å². The zero-order valence-corrected chi connectivity index (χ0v) is 15.5. The normalized spacial score (nSPS) is 12.7. The van der Waals surface area contributed by atoms with Crippen molar-refractivity contribution >= 4 is 17.8 Å². The number of aliphatic hydroxyl groups is 1. The quantitative estimate of drug-likeness (QED) is 0.398. The van der Waals surface area contributed by atoms with Crippen LogP contribution in [0.3, 0.4) is 0 Å². The molecule has 0 aromatic carbocycles. The molecule has 0 saturated heterocycles. The Balaban J connectivity index is 1.91. The zero-order chi connectivity index (χ0) is 21.9. The lowest BCUT2D eigenvalue weighted by molar-refractivity contribution is -0.193. The Morgan fingerprint density at radius 1 is 1.27 bits per heavy atom. The summed E-state index contributed by atoms with van der Waals surface area (Å²) in [4.78, 5) is 38.7. The fourth-order valence-electron chi connectivity index (χ4n) is 3.16. The summed E-state index contributed by atoms with van der Waals surface area (Å²) in [6, 6.07) is 1.68. The van der Waals surface area contributed by atoms with Gasteiger partial charge in [0, 0.05) is 36.6 Å². The average Bonchev–Trinajstić information content (AvgIpc) is 3.09. The third-order valence-electron chi connectivity index (χ3n) is 4.48. The summed E-state index contributed by atoms with van der Waals surface area (Å²) in [6.07, 6.45) is -1.08. The molecule has 2 heterocycles. The number of aromatic nitrogens is 3. The summed E-state index contributed by atoms with van der Waals surface area (Å²) >= 11 is 0. The van der Waals surface area contributed by atoms with Crippen molar-refractivity contribution in [2.24, 2.45) is 0 Å². The number of aliphatic hydroxyl groups excluding tert-OH is 1. The van der Waals surface area contributed by atoms with Crippen LogP contribution in [0.1, 0.15) is 28.0 Å². The molecule has 2 aromatic rings. The number of rotatable bonds is 6. The number of carbonyl (C=O) groups excluding carboxylic acids is 3. The molecule has 0 spiro atoms. The molecular formula is C18H17F3N4O5. The highest BCUT2D eigenvalue weighted by atomic mass is 19.4. The summed E-state index contributed by atoms with van der Waals surface area (Å²) in [7, 11) is 0. The SMILES string of the molecule is O=C(CO)NCCCn1nc2c(c1C(=O)OC(=O)C(F)(F)F)CCc1cnccc1-2. The van der Waals surface area contributed by atoms with Crippen LogP contribution in [0.25, 0.3) is 11.3 Å². The van der Waals surface area contributed by atoms with E-state index in [9.17, 15) is 27.6 Å². The van der Waals surface area contributed by atoms with E-state index in [1.807, 2.05) is 0 Å². The molecule has 0 aliphatic heterocycles. The van der Waals surface area contributed by atoms with Gasteiger partial charge in [-0.1, -0.05) is 0 Å². The number of hydrogen-bond donors (Lipinski definition) is 2. The number of esters is 2. The maximum absolute atomic E-state index is 12.5. The van der Waals surface area contributed by atoms with Crippen molar-refractivity contribution in [1.29, 1.82) is 0 Å². The summed E-state index contributed by atoms with van der Waals surface area (Å²) in [5.74, 6) is -4.64. The highest BCUT2D eigenvalue weighted by Gasteiger charge is 2.43. The van der Waals surface area contributed by atoms with Gasteiger partial charge in [0.05, 0.1) is 5.69 Å². The third kappa shape index (κ3) is 4.48. The molecular weight excluding hydrogens is 409 g/mol. The van der Waals surface area contributed by atoms with Crippen LogP contribution in [0.5, 0.6) is 0 Å². The number of alkyl halides is 3. The number of pyridine rings is 1. The van der Waals surface area contributed by atoms with Gasteiger partial charge in [-0.25, -0.2) is 9.59 Å². The van der Waals surface area contributed by atoms with Crippen LogP contribution in [0.2, 0.25) is 0 Å². The van der Waals surface area contributed by atoms with E-state index in [1.165, 1.54) is 10.9 Å². The van der Waals surface area contributed by atoms with E-state index in [-0.39, 0.29) is 25.2 Å². The van der Waals surface area contributed by atoms with Gasteiger partial charge in [0.25, 0.3) is 0 Å². The molecule has 1 amide bonds. The van der Waals surface area contributed by atoms with Gasteiger partial charge in [-0.05, 0) is 30.9 Å². The number of aryl methyl sites for hydroxylation is 2. The minimum atomic E-state index is -5.31. The maximum atomic E-state index is 12.5. The lowest BCUT2D eigenvalue weighted by Crippen LogP contribution is -2.30. The lowest BCUT2D eigenvalue weighted by atomic mass is 9.90. The van der Waals surface area contributed by atoms with Crippen LogP contribution in [0.4, 0.5) is 13.2 Å². The van der Waals surface area contributed by atoms with E-state index >= 15 is 0 Å². The van der Waals surface area contributed by atoms with Gasteiger partial charge < -0.3 is 15.2 Å². The molecule has 1 aliphatic carbocycles. The molecule has 30 heavy (non-hydrogen) atoms. The second-order valence-electron chi connectivity index (χ2n) is 6.47. The standard InChI is InChI=1S/C18H17F3N4O5/c19-18(20,21)17(29)30-16(28)15-12-3-2-10-8-22-6-4-11(10)14(12)24-25(15)7-1-5-23-13(27)9-26/h4,6,8,26H,1-3,5,7,9H2,(H,23,27). The Kier molecular flexibility index (Phi) is 6.15. The summed E-state index contributed by atoms with van der Waals surface area (Å²) in [5, 5.41) is 15.5. The van der Waals surface area contributed by atoms with Crippen LogP contribution < -0.4 is 5.32 Å². The van der Waals surface area contributed by atoms with Gasteiger partial charge in [0.1, 0.15) is 6.61 Å². The number of halogens is 3. The van der Waals surface area contributed by atoms with Gasteiger partial charge in [-0.2, -0.15) is 18.3 Å². The first-order valence-corrected chi connectivity index (χ1v) is 8.96. The number of nitrogens with zero attached hydrogens (tertiary/aromatic N) is 3. The van der Waals surface area contributed by atoms with E-state index in [0.29, 0.717) is 29.7 Å². The summed E-state index contributed by atoms with van der Waals surface area (Å²) < 4.78 is 42.8. The first-order chi connectivity index (χ1) is 14.2. The van der Waals surface area contributed by atoms with Gasteiger partial charge in [0.15, 0.2) is 5.69 Å². The van der Waals surface area contributed by atoms with Crippen molar-refractivity contribution in [3.8, 4) is 11.3 Å². The largest absolute Gasteiger partial charge is 0.491 e. The number of ether oxygens (including phenoxy) is 1. The Morgan fingerprint density at radius 3 is 2.73 bits per heavy atom. The van der Waals surface area contributed by atoms with Gasteiger partial charge in [-0.3, -0.25) is 14.5 Å². The number of amides is 1. The van der Waals surface area contributed by atoms with E-state index < -0.39 is 30.6 Å². The van der Waals surface area contributed by atoms with Crippen molar-refractivity contribution in [2.45, 2.75) is 32.0 Å². The molecule has 0 bridgehead atoms. The first-order valence-electron chi connectivity index (χ1n) is 8.96. The number of fused-ring (bicyclic) bond motifs is 3. The second-order valence-corrected chi connectivity index (χ2v) is 6.47. The molecule has 160 valence electrons. The monoisotopic (exact) mass is 426 g/mol. The van der Waals surface area contributed by atoms with Crippen molar-refractivity contribution in [3.63, 3.8) is 0 Å². The maximum Gasteiger partial charge on any atom is 0.491 e. The van der Waals surface area contributed by atoms with Crippen LogP contribution in [-0.4, -0.2) is 57.0 Å². The Morgan fingerprint density at radius 2 is 2.03 bits per heavy atom. The topological polar surface area (TPSA) is 123 Å². The molecule has 12 heteroatoms. The van der Waals surface area contributed by atoms with E-state index in [2.05, 4.69) is 20.1 Å². The van der Waals surface area contributed by atoms with Crippen molar-refractivity contribution in [2.75, 3.05) is 13.2 Å². The highest BCUT2D eigenvalue weighted by molar-refractivity contribution is 5.99. The molecule has 0 radical (unpaired) electrons. The average molecular weight is 426 g/mol. The van der Waals surface area contributed by atoms with Crippen LogP contribution in [0.15, 0.2) is 18.5 Å². The first kappa shape index (κ1) is 21.4. The predicted octanol–water partition coefficient (Wildman–Crippen LogP) is 0.788. The fourth-order valence-corrected chi connectivity index (χ4v) is 3.16. The van der Waals surface area contributed by atoms with Gasteiger partial charge in [-0.15, -0.1) is 0 Å². The Hall–Kier alpha value is -3.28. The fraction of sp³-hybridized carbons (Fsp3) is 0.389. The number of carbonyl (C=O) groups is 3. The molecule has 0 atom stereocenters. The number of nitrogens with one attached hydrogen (secondary N) is 1. The second kappa shape index (κ2) is 8.61. The van der Waals surface area contributed by atoms with Crippen molar-refractivity contribution in [1.82, 2.24) is 20.1 Å². The van der Waals surface area contributed by atoms with Crippen LogP contribution >= 0.6 is 0 Å². The Labute approximate surface area is 167 Å². The summed E-state index contributed by atoms with van der Waals surface area (Å²) in [5.41, 5.74) is 2.11. The van der Waals surface area contributed by atoms with E-state index in [4.69, 9.17) is 5.11 Å². The zero-order valence-electron chi connectivity index (χ0n) is 15.5. The molecule has 1 aliphatic rings. The predicted molar refractivity (Wildman–Crippen MR) is 94.1 cm³/mol. The molecule has 9 nitrogen and oxygen atoms in total. The van der Waals surface area contributed by atoms with Gasteiger partial charge in [0.2, 0.25) is 5.91 Å². The minimum absolute atomic E-state index is 0.0593. The lowest BCUT2D eigenvalue weighted by Gasteiger charge is -2.15. The van der Waals surface area contributed by atoms with E-state index in [0.717, 1.165) is 5.56 Å². The molecule has 0 unspecified atom stereocenters. The molecule has 0 saturated carbocycles.